The number of aromatic nitrogens is 3. The number of nitrogens with one attached hydrogen (secondary N) is 2. The molecule has 0 aliphatic rings. The zero-order valence-corrected chi connectivity index (χ0v) is 21.2. The van der Waals surface area contributed by atoms with E-state index >= 15 is 0 Å². The van der Waals surface area contributed by atoms with Crippen LogP contribution < -0.4 is 20.1 Å². The number of nitrogens with zero attached hydrogens (tertiary/aromatic N) is 3. The molecule has 1 heterocycles. The Labute approximate surface area is 208 Å². The molecule has 0 atom stereocenters. The molecule has 2 aromatic carbocycles. The van der Waals surface area contributed by atoms with Crippen molar-refractivity contribution >= 4 is 35.3 Å². The van der Waals surface area contributed by atoms with Gasteiger partial charge in [-0.25, -0.2) is 0 Å². The largest absolute Gasteiger partial charge is 0.493 e. The van der Waals surface area contributed by atoms with Gasteiger partial charge in [-0.3, -0.25) is 9.59 Å². The number of amides is 2. The number of rotatable bonds is 10. The molecule has 0 fully saturated rings. The molecule has 184 valence electrons. The van der Waals surface area contributed by atoms with Crippen LogP contribution in [0, 0.1) is 13.8 Å². The van der Waals surface area contributed by atoms with Gasteiger partial charge in [0, 0.05) is 18.8 Å². The van der Waals surface area contributed by atoms with Crippen LogP contribution in [0.25, 0.3) is 6.08 Å². The van der Waals surface area contributed by atoms with E-state index < -0.39 is 0 Å². The van der Waals surface area contributed by atoms with E-state index in [9.17, 15) is 9.59 Å². The molecule has 0 unspecified atom stereocenters. The van der Waals surface area contributed by atoms with Crippen molar-refractivity contribution in [1.29, 1.82) is 0 Å². The predicted octanol–water partition coefficient (Wildman–Crippen LogP) is 3.51. The third kappa shape index (κ3) is 6.86. The van der Waals surface area contributed by atoms with Gasteiger partial charge in [0.1, 0.15) is 0 Å². The molecule has 3 aromatic rings. The second-order valence-corrected chi connectivity index (χ2v) is 8.65. The molecule has 0 saturated heterocycles. The second-order valence-electron chi connectivity index (χ2n) is 7.71. The van der Waals surface area contributed by atoms with Crippen LogP contribution >= 0.6 is 11.8 Å². The Morgan fingerprint density at radius 1 is 1.09 bits per heavy atom. The molecule has 0 spiro atoms. The lowest BCUT2D eigenvalue weighted by Crippen LogP contribution is -2.22. The number of methoxy groups -OCH3 is 2. The first-order valence-corrected chi connectivity index (χ1v) is 11.9. The Bertz CT molecular complexity index is 1240. The van der Waals surface area contributed by atoms with Gasteiger partial charge < -0.3 is 24.7 Å². The summed E-state index contributed by atoms with van der Waals surface area (Å²) in [5.74, 6) is 1.58. The van der Waals surface area contributed by atoms with E-state index in [1.807, 2.05) is 38.1 Å². The first-order chi connectivity index (χ1) is 16.8. The number of anilines is 1. The molecule has 9 nitrogen and oxygen atoms in total. The van der Waals surface area contributed by atoms with Crippen LogP contribution in [0.4, 0.5) is 5.69 Å². The minimum Gasteiger partial charge on any atom is -0.493 e. The smallest absolute Gasteiger partial charge is 0.244 e. The fraction of sp³-hybridized carbons (Fsp3) is 0.280. The molecular weight excluding hydrogens is 466 g/mol. The molecule has 3 rings (SSSR count). The van der Waals surface area contributed by atoms with Gasteiger partial charge in [0.25, 0.3) is 0 Å². The van der Waals surface area contributed by atoms with Gasteiger partial charge in [0.2, 0.25) is 11.8 Å². The quantitative estimate of drug-likeness (QED) is 0.327. The van der Waals surface area contributed by atoms with Crippen LogP contribution in [0.5, 0.6) is 11.5 Å². The first kappa shape index (κ1) is 25.8. The highest BCUT2D eigenvalue weighted by Gasteiger charge is 2.13. The Balaban J connectivity index is 1.51. The Morgan fingerprint density at radius 3 is 2.60 bits per heavy atom. The average Bonchev–Trinajstić information content (AvgIpc) is 3.21. The predicted molar refractivity (Wildman–Crippen MR) is 137 cm³/mol. The summed E-state index contributed by atoms with van der Waals surface area (Å²) in [6.07, 6.45) is 3.12. The lowest BCUT2D eigenvalue weighted by molar-refractivity contribution is -0.116. The topological polar surface area (TPSA) is 107 Å². The van der Waals surface area contributed by atoms with E-state index in [2.05, 4.69) is 20.8 Å². The van der Waals surface area contributed by atoms with Gasteiger partial charge in [0.05, 0.1) is 26.5 Å². The van der Waals surface area contributed by atoms with Gasteiger partial charge in [-0.05, 0) is 54.8 Å². The third-order valence-corrected chi connectivity index (χ3v) is 6.41. The van der Waals surface area contributed by atoms with Gasteiger partial charge >= 0.3 is 0 Å². The van der Waals surface area contributed by atoms with Crippen LogP contribution in [0.2, 0.25) is 0 Å². The van der Waals surface area contributed by atoms with Crippen molar-refractivity contribution in [1.82, 2.24) is 20.1 Å². The summed E-state index contributed by atoms with van der Waals surface area (Å²) in [7, 11) is 4.92. The maximum Gasteiger partial charge on any atom is 0.244 e. The fourth-order valence-electron chi connectivity index (χ4n) is 3.18. The number of carbonyl (C=O) groups excluding carboxylic acids is 2. The van der Waals surface area contributed by atoms with E-state index in [1.165, 1.54) is 17.8 Å². The van der Waals surface area contributed by atoms with Crippen molar-refractivity contribution < 1.29 is 19.1 Å². The summed E-state index contributed by atoms with van der Waals surface area (Å²) in [5.41, 5.74) is 3.77. The summed E-state index contributed by atoms with van der Waals surface area (Å²) < 4.78 is 12.2. The summed E-state index contributed by atoms with van der Waals surface area (Å²) in [5, 5.41) is 14.6. The van der Waals surface area contributed by atoms with Crippen molar-refractivity contribution in [3.63, 3.8) is 0 Å². The average molecular weight is 496 g/mol. The minimum absolute atomic E-state index is 0.123. The standard InChI is InChI=1S/C25H29N5O4S/c1-16-7-6-8-19(17(16)2)27-24(32)15-35-25-29-28-22(30(25)3)14-26-23(31)12-10-18-9-11-20(33-4)21(13-18)34-5/h6-13H,14-15H2,1-5H3,(H,26,31)(H,27,32)/b12-10+. The lowest BCUT2D eigenvalue weighted by Gasteiger charge is -2.10. The van der Waals surface area contributed by atoms with E-state index in [4.69, 9.17) is 9.47 Å². The van der Waals surface area contributed by atoms with Gasteiger partial charge in [-0.15, -0.1) is 10.2 Å². The number of thioether (sulfide) groups is 1. The normalized spacial score (nSPS) is 10.9. The number of carbonyl (C=O) groups is 2. The molecule has 0 aliphatic heterocycles. The van der Waals surface area contributed by atoms with E-state index in [0.717, 1.165) is 22.4 Å². The summed E-state index contributed by atoms with van der Waals surface area (Å²) in [4.78, 5) is 24.6. The maximum atomic E-state index is 12.4. The third-order valence-electron chi connectivity index (χ3n) is 5.39. The van der Waals surface area contributed by atoms with Crippen LogP contribution in [-0.4, -0.2) is 46.6 Å². The Hall–Kier alpha value is -3.79. The molecule has 0 aliphatic carbocycles. The second kappa shape index (κ2) is 12.1. The summed E-state index contributed by atoms with van der Waals surface area (Å²) in [6, 6.07) is 11.2. The van der Waals surface area contributed by atoms with Crippen molar-refractivity contribution in [3.8, 4) is 11.5 Å². The first-order valence-electron chi connectivity index (χ1n) is 10.9. The Morgan fingerprint density at radius 2 is 1.86 bits per heavy atom. The molecule has 10 heteroatoms. The highest BCUT2D eigenvalue weighted by Crippen LogP contribution is 2.28. The zero-order chi connectivity index (χ0) is 25.4. The summed E-state index contributed by atoms with van der Waals surface area (Å²) >= 11 is 1.28. The molecule has 2 N–H and O–H groups in total. The van der Waals surface area contributed by atoms with Crippen molar-refractivity contribution in [2.24, 2.45) is 7.05 Å². The number of ether oxygens (including phenoxy) is 2. The number of hydrogen-bond donors (Lipinski definition) is 2. The van der Waals surface area contributed by atoms with Crippen LogP contribution in [-0.2, 0) is 23.2 Å². The number of aryl methyl sites for hydroxylation is 1. The van der Waals surface area contributed by atoms with Crippen molar-refractivity contribution in [2.75, 3.05) is 25.3 Å². The van der Waals surface area contributed by atoms with E-state index in [-0.39, 0.29) is 24.1 Å². The molecule has 0 radical (unpaired) electrons. The molecule has 0 saturated carbocycles. The molecule has 35 heavy (non-hydrogen) atoms. The maximum absolute atomic E-state index is 12.4. The van der Waals surface area contributed by atoms with Gasteiger partial charge in [-0.2, -0.15) is 0 Å². The van der Waals surface area contributed by atoms with Gasteiger partial charge in [-0.1, -0.05) is 30.0 Å². The van der Waals surface area contributed by atoms with E-state index in [0.29, 0.717) is 22.5 Å². The monoisotopic (exact) mass is 495 g/mol. The lowest BCUT2D eigenvalue weighted by atomic mass is 10.1. The van der Waals surface area contributed by atoms with Crippen molar-refractivity contribution in [2.45, 2.75) is 25.5 Å². The van der Waals surface area contributed by atoms with Crippen molar-refractivity contribution in [3.05, 3.63) is 65.0 Å². The summed E-state index contributed by atoms with van der Waals surface area (Å²) in [6.45, 7) is 4.18. The zero-order valence-electron chi connectivity index (χ0n) is 20.4. The highest BCUT2D eigenvalue weighted by atomic mass is 32.2. The molecule has 2 amide bonds. The molecular formula is C25H29N5O4S. The van der Waals surface area contributed by atoms with Crippen LogP contribution in [0.1, 0.15) is 22.5 Å². The minimum atomic E-state index is -0.273. The van der Waals surface area contributed by atoms with Crippen LogP contribution in [0.3, 0.4) is 0 Å². The number of benzene rings is 2. The van der Waals surface area contributed by atoms with Crippen LogP contribution in [0.15, 0.2) is 47.6 Å². The Kier molecular flexibility index (Phi) is 8.91. The van der Waals surface area contributed by atoms with E-state index in [1.54, 1.807) is 44.0 Å². The SMILES string of the molecule is COc1ccc(/C=C/C(=O)NCc2nnc(SCC(=O)Nc3cccc(C)c3C)n2C)cc1OC. The fourth-order valence-corrected chi connectivity index (χ4v) is 3.91. The highest BCUT2D eigenvalue weighted by molar-refractivity contribution is 7.99. The van der Waals surface area contributed by atoms with Gasteiger partial charge in [0.15, 0.2) is 22.5 Å². The molecule has 1 aromatic heterocycles. The number of hydrogen-bond acceptors (Lipinski definition) is 7. The molecule has 0 bridgehead atoms.